The number of nitrogens with zero attached hydrogens (tertiary/aromatic N) is 1. The van der Waals surface area contributed by atoms with Crippen molar-refractivity contribution in [3.05, 3.63) is 29.8 Å². The van der Waals surface area contributed by atoms with E-state index in [1.165, 1.54) is 12.7 Å². The van der Waals surface area contributed by atoms with Crippen LogP contribution in [0.5, 0.6) is 0 Å². The third-order valence-electron chi connectivity index (χ3n) is 4.63. The number of carbonyl (C=O) groups excluding carboxylic acids is 2. The van der Waals surface area contributed by atoms with Crippen LogP contribution in [0.15, 0.2) is 24.3 Å². The van der Waals surface area contributed by atoms with Crippen molar-refractivity contribution in [1.82, 2.24) is 0 Å². The van der Waals surface area contributed by atoms with Gasteiger partial charge in [0, 0.05) is 25.6 Å². The second-order valence-electron chi connectivity index (χ2n) is 6.00. The summed E-state index contributed by atoms with van der Waals surface area (Å²) in [5, 5.41) is 0. The molecule has 1 heterocycles. The fourth-order valence-corrected chi connectivity index (χ4v) is 3.31. The van der Waals surface area contributed by atoms with Gasteiger partial charge in [-0.1, -0.05) is 12.1 Å². The molecule has 5 nitrogen and oxygen atoms in total. The molecule has 1 saturated heterocycles. The third kappa shape index (κ3) is 2.73. The summed E-state index contributed by atoms with van der Waals surface area (Å²) in [6.07, 6.45) is 2.29. The molecule has 1 saturated carbocycles. The maximum absolute atomic E-state index is 12.0. The van der Waals surface area contributed by atoms with Crippen LogP contribution in [-0.4, -0.2) is 31.3 Å². The van der Waals surface area contributed by atoms with Crippen LogP contribution in [-0.2, 0) is 14.3 Å². The number of methoxy groups -OCH3 is 1. The molecule has 118 valence electrons. The Labute approximate surface area is 130 Å². The monoisotopic (exact) mass is 303 g/mol. The maximum Gasteiger partial charge on any atom is 0.417 e. The SMILES string of the molecule is COC1OC(=O)N(c2ccc(C3CCC(=O)CC3)cc2)C1C. The summed E-state index contributed by atoms with van der Waals surface area (Å²) in [4.78, 5) is 24.9. The van der Waals surface area contributed by atoms with E-state index in [9.17, 15) is 9.59 Å². The van der Waals surface area contributed by atoms with Crippen LogP contribution < -0.4 is 4.90 Å². The summed E-state index contributed by atoms with van der Waals surface area (Å²) >= 11 is 0. The van der Waals surface area contributed by atoms with Gasteiger partial charge >= 0.3 is 6.09 Å². The summed E-state index contributed by atoms with van der Waals surface area (Å²) in [7, 11) is 1.53. The maximum atomic E-state index is 12.0. The first-order chi connectivity index (χ1) is 10.6. The van der Waals surface area contributed by atoms with Crippen LogP contribution in [0.3, 0.4) is 0 Å². The van der Waals surface area contributed by atoms with Gasteiger partial charge in [0.1, 0.15) is 11.8 Å². The van der Waals surface area contributed by atoms with Crippen molar-refractivity contribution in [2.24, 2.45) is 0 Å². The first-order valence-electron chi connectivity index (χ1n) is 7.74. The molecule has 3 rings (SSSR count). The fraction of sp³-hybridized carbons (Fsp3) is 0.529. The van der Waals surface area contributed by atoms with E-state index < -0.39 is 6.29 Å². The summed E-state index contributed by atoms with van der Waals surface area (Å²) in [6, 6.07) is 7.84. The average molecular weight is 303 g/mol. The number of anilines is 1. The van der Waals surface area contributed by atoms with E-state index in [0.29, 0.717) is 24.5 Å². The predicted octanol–water partition coefficient (Wildman–Crippen LogP) is 3.23. The van der Waals surface area contributed by atoms with Gasteiger partial charge < -0.3 is 9.47 Å². The minimum absolute atomic E-state index is 0.157. The number of rotatable bonds is 3. The Morgan fingerprint density at radius 2 is 1.77 bits per heavy atom. The smallest absolute Gasteiger partial charge is 0.417 e. The summed E-state index contributed by atoms with van der Waals surface area (Å²) in [6.45, 7) is 1.90. The van der Waals surface area contributed by atoms with E-state index in [4.69, 9.17) is 9.47 Å². The molecule has 0 aromatic heterocycles. The highest BCUT2D eigenvalue weighted by Gasteiger charge is 2.39. The summed E-state index contributed by atoms with van der Waals surface area (Å²) in [5.41, 5.74) is 2.05. The largest absolute Gasteiger partial charge is 0.417 e. The molecule has 22 heavy (non-hydrogen) atoms. The molecule has 2 aliphatic rings. The van der Waals surface area contributed by atoms with Gasteiger partial charge in [0.05, 0.1) is 0 Å². The zero-order valence-corrected chi connectivity index (χ0v) is 13.0. The first-order valence-corrected chi connectivity index (χ1v) is 7.74. The Kier molecular flexibility index (Phi) is 4.16. The van der Waals surface area contributed by atoms with Crippen LogP contribution in [0.1, 0.15) is 44.1 Å². The Hall–Kier alpha value is -1.88. The molecule has 1 aromatic rings. The number of carbonyl (C=O) groups is 2. The summed E-state index contributed by atoms with van der Waals surface area (Å²) < 4.78 is 10.3. The van der Waals surface area contributed by atoms with E-state index >= 15 is 0 Å². The van der Waals surface area contributed by atoms with E-state index in [0.717, 1.165) is 18.5 Å². The van der Waals surface area contributed by atoms with Crippen LogP contribution >= 0.6 is 0 Å². The second kappa shape index (κ2) is 6.08. The van der Waals surface area contributed by atoms with Crippen molar-refractivity contribution < 1.29 is 19.1 Å². The van der Waals surface area contributed by atoms with E-state index in [2.05, 4.69) is 12.1 Å². The van der Waals surface area contributed by atoms with Crippen molar-refractivity contribution in [3.63, 3.8) is 0 Å². The minimum atomic E-state index is -0.531. The highest BCUT2D eigenvalue weighted by molar-refractivity contribution is 5.90. The molecular weight excluding hydrogens is 282 g/mol. The van der Waals surface area contributed by atoms with Gasteiger partial charge in [0.2, 0.25) is 6.29 Å². The number of amides is 1. The van der Waals surface area contributed by atoms with Crippen molar-refractivity contribution >= 4 is 17.6 Å². The highest BCUT2D eigenvalue weighted by Crippen LogP contribution is 2.33. The topological polar surface area (TPSA) is 55.8 Å². The molecule has 2 atom stereocenters. The molecule has 2 fully saturated rings. The lowest BCUT2D eigenvalue weighted by Crippen LogP contribution is -2.34. The molecule has 1 aliphatic carbocycles. The lowest BCUT2D eigenvalue weighted by molar-refractivity contribution is -0.120. The Morgan fingerprint density at radius 1 is 1.14 bits per heavy atom. The third-order valence-corrected chi connectivity index (χ3v) is 4.63. The summed E-state index contributed by atoms with van der Waals surface area (Å²) in [5.74, 6) is 0.813. The Bertz CT molecular complexity index is 559. The van der Waals surface area contributed by atoms with E-state index in [1.807, 2.05) is 19.1 Å². The standard InChI is InChI=1S/C17H21NO4/c1-11-16(21-2)22-17(20)18(11)14-7-3-12(4-8-14)13-5-9-15(19)10-6-13/h3-4,7-8,11,13,16H,5-6,9-10H2,1-2H3. The fourth-order valence-electron chi connectivity index (χ4n) is 3.31. The number of benzene rings is 1. The van der Waals surface area contributed by atoms with Gasteiger partial charge in [-0.3, -0.25) is 9.69 Å². The second-order valence-corrected chi connectivity index (χ2v) is 6.00. The molecule has 0 radical (unpaired) electrons. The predicted molar refractivity (Wildman–Crippen MR) is 81.9 cm³/mol. The van der Waals surface area contributed by atoms with Crippen molar-refractivity contribution in [3.8, 4) is 0 Å². The number of Topliss-reactive ketones (excluding diaryl/α,β-unsaturated/α-hetero) is 1. The number of cyclic esters (lactones) is 1. The number of ketones is 1. The lowest BCUT2D eigenvalue weighted by Gasteiger charge is -2.23. The zero-order valence-electron chi connectivity index (χ0n) is 13.0. The Balaban J connectivity index is 1.74. The van der Waals surface area contributed by atoms with Gasteiger partial charge in [-0.05, 0) is 43.4 Å². The molecule has 1 aliphatic heterocycles. The van der Waals surface area contributed by atoms with Crippen LogP contribution in [0.25, 0.3) is 0 Å². The molecular formula is C17H21NO4. The molecule has 0 spiro atoms. The Morgan fingerprint density at radius 3 is 2.32 bits per heavy atom. The van der Waals surface area contributed by atoms with Crippen molar-refractivity contribution in [1.29, 1.82) is 0 Å². The quantitative estimate of drug-likeness (QED) is 0.860. The lowest BCUT2D eigenvalue weighted by atomic mass is 9.83. The van der Waals surface area contributed by atoms with Gasteiger partial charge in [0.25, 0.3) is 0 Å². The van der Waals surface area contributed by atoms with E-state index in [-0.39, 0.29) is 12.1 Å². The number of hydrogen-bond acceptors (Lipinski definition) is 4. The van der Waals surface area contributed by atoms with E-state index in [1.54, 1.807) is 4.90 Å². The van der Waals surface area contributed by atoms with Crippen LogP contribution in [0.4, 0.5) is 10.5 Å². The van der Waals surface area contributed by atoms with Gasteiger partial charge in [0.15, 0.2) is 0 Å². The van der Waals surface area contributed by atoms with Gasteiger partial charge in [-0.25, -0.2) is 4.79 Å². The molecule has 0 N–H and O–H groups in total. The van der Waals surface area contributed by atoms with Gasteiger partial charge in [-0.15, -0.1) is 0 Å². The minimum Gasteiger partial charge on any atom is -0.417 e. The molecule has 0 bridgehead atoms. The highest BCUT2D eigenvalue weighted by atomic mass is 16.7. The normalized spacial score (nSPS) is 26.4. The van der Waals surface area contributed by atoms with Crippen molar-refractivity contribution in [2.45, 2.75) is 50.9 Å². The first kappa shape index (κ1) is 15.0. The van der Waals surface area contributed by atoms with Crippen LogP contribution in [0.2, 0.25) is 0 Å². The van der Waals surface area contributed by atoms with Crippen molar-refractivity contribution in [2.75, 3.05) is 12.0 Å². The number of ether oxygens (including phenoxy) is 2. The van der Waals surface area contributed by atoms with Crippen LogP contribution in [0, 0.1) is 0 Å². The molecule has 2 unspecified atom stereocenters. The average Bonchev–Trinajstić information content (AvgIpc) is 2.82. The molecule has 1 amide bonds. The zero-order chi connectivity index (χ0) is 15.7. The molecule has 1 aromatic carbocycles. The van der Waals surface area contributed by atoms with Gasteiger partial charge in [-0.2, -0.15) is 0 Å². The number of hydrogen-bond donors (Lipinski definition) is 0. The molecule has 5 heteroatoms.